The van der Waals surface area contributed by atoms with Crippen molar-refractivity contribution in [2.45, 2.75) is 26.4 Å². The smallest absolute Gasteiger partial charge is 0.384 e. The molecule has 0 aliphatic heterocycles. The highest BCUT2D eigenvalue weighted by Crippen LogP contribution is 2.21. The van der Waals surface area contributed by atoms with Crippen LogP contribution in [0.5, 0.6) is 0 Å². The third-order valence-electron chi connectivity index (χ3n) is 2.76. The average molecular weight is 288 g/mol. The van der Waals surface area contributed by atoms with E-state index in [4.69, 9.17) is 0 Å². The van der Waals surface area contributed by atoms with Crippen molar-refractivity contribution < 1.29 is 18.0 Å². The summed E-state index contributed by atoms with van der Waals surface area (Å²) in [5, 5.41) is 3.06. The van der Waals surface area contributed by atoms with Gasteiger partial charge >= 0.3 is 6.18 Å². The summed E-state index contributed by atoms with van der Waals surface area (Å²) in [6.45, 7) is 2.95. The van der Waals surface area contributed by atoms with E-state index in [-0.39, 0.29) is 12.1 Å². The van der Waals surface area contributed by atoms with Gasteiger partial charge in [-0.05, 0) is 25.5 Å². The maximum absolute atomic E-state index is 12.5. The Morgan fingerprint density at radius 3 is 2.45 bits per heavy atom. The normalized spacial score (nSPS) is 11.2. The number of carbonyl (C=O) groups is 1. The first kappa shape index (κ1) is 16.3. The molecule has 0 aromatic heterocycles. The SMILES string of the molecule is CCCNc1ccccc1C(=O)N(CC)CC(F)(F)F. The van der Waals surface area contributed by atoms with Crippen LogP contribution in [0.1, 0.15) is 30.6 Å². The van der Waals surface area contributed by atoms with Crippen LogP contribution in [0.3, 0.4) is 0 Å². The fourth-order valence-electron chi connectivity index (χ4n) is 1.80. The number of halogens is 3. The lowest BCUT2D eigenvalue weighted by Crippen LogP contribution is -2.39. The van der Waals surface area contributed by atoms with Crippen molar-refractivity contribution in [3.8, 4) is 0 Å². The average Bonchev–Trinajstić information content (AvgIpc) is 2.41. The Morgan fingerprint density at radius 2 is 1.90 bits per heavy atom. The molecule has 0 aliphatic carbocycles. The number of para-hydroxylation sites is 1. The predicted octanol–water partition coefficient (Wildman–Crippen LogP) is 3.53. The number of alkyl halides is 3. The zero-order valence-corrected chi connectivity index (χ0v) is 11.6. The molecule has 0 aliphatic rings. The summed E-state index contributed by atoms with van der Waals surface area (Å²) in [7, 11) is 0. The van der Waals surface area contributed by atoms with Gasteiger partial charge in [-0.2, -0.15) is 13.2 Å². The summed E-state index contributed by atoms with van der Waals surface area (Å²) < 4.78 is 37.4. The molecular weight excluding hydrogens is 269 g/mol. The molecule has 3 nitrogen and oxygen atoms in total. The van der Waals surface area contributed by atoms with E-state index in [1.165, 1.54) is 6.92 Å². The minimum absolute atomic E-state index is 0.0143. The number of nitrogens with zero attached hydrogens (tertiary/aromatic N) is 1. The summed E-state index contributed by atoms with van der Waals surface area (Å²) >= 11 is 0. The van der Waals surface area contributed by atoms with E-state index in [0.29, 0.717) is 12.2 Å². The van der Waals surface area contributed by atoms with E-state index in [0.717, 1.165) is 11.3 Å². The van der Waals surface area contributed by atoms with Gasteiger partial charge in [-0.15, -0.1) is 0 Å². The second-order valence-electron chi connectivity index (χ2n) is 4.41. The largest absolute Gasteiger partial charge is 0.406 e. The van der Waals surface area contributed by atoms with Crippen LogP contribution in [0.2, 0.25) is 0 Å². The van der Waals surface area contributed by atoms with E-state index >= 15 is 0 Å². The lowest BCUT2D eigenvalue weighted by atomic mass is 10.1. The van der Waals surface area contributed by atoms with Gasteiger partial charge in [0.25, 0.3) is 5.91 Å². The quantitative estimate of drug-likeness (QED) is 0.868. The van der Waals surface area contributed by atoms with E-state index in [1.54, 1.807) is 24.3 Å². The van der Waals surface area contributed by atoms with E-state index in [9.17, 15) is 18.0 Å². The first-order valence-electron chi connectivity index (χ1n) is 6.58. The Morgan fingerprint density at radius 1 is 1.25 bits per heavy atom. The van der Waals surface area contributed by atoms with Gasteiger partial charge in [0.2, 0.25) is 0 Å². The minimum Gasteiger partial charge on any atom is -0.384 e. The van der Waals surface area contributed by atoms with Gasteiger partial charge in [0.1, 0.15) is 6.54 Å². The highest BCUT2D eigenvalue weighted by molar-refractivity contribution is 5.99. The van der Waals surface area contributed by atoms with Crippen molar-refractivity contribution >= 4 is 11.6 Å². The van der Waals surface area contributed by atoms with Gasteiger partial charge in [0.15, 0.2) is 0 Å². The Labute approximate surface area is 116 Å². The number of anilines is 1. The Kier molecular flexibility index (Phi) is 5.85. The van der Waals surface area contributed by atoms with Crippen LogP contribution in [0.4, 0.5) is 18.9 Å². The molecule has 20 heavy (non-hydrogen) atoms. The number of benzene rings is 1. The second-order valence-corrected chi connectivity index (χ2v) is 4.41. The van der Waals surface area contributed by atoms with Gasteiger partial charge in [-0.1, -0.05) is 19.1 Å². The third kappa shape index (κ3) is 4.75. The van der Waals surface area contributed by atoms with Crippen molar-refractivity contribution in [1.29, 1.82) is 0 Å². The van der Waals surface area contributed by atoms with Crippen LogP contribution in [-0.2, 0) is 0 Å². The summed E-state index contributed by atoms with van der Waals surface area (Å²) in [6.07, 6.45) is -3.53. The number of nitrogens with one attached hydrogen (secondary N) is 1. The maximum Gasteiger partial charge on any atom is 0.406 e. The van der Waals surface area contributed by atoms with Gasteiger partial charge in [-0.25, -0.2) is 0 Å². The van der Waals surface area contributed by atoms with E-state index < -0.39 is 18.6 Å². The van der Waals surface area contributed by atoms with Gasteiger partial charge < -0.3 is 10.2 Å². The maximum atomic E-state index is 12.5. The van der Waals surface area contributed by atoms with Crippen molar-refractivity contribution in [1.82, 2.24) is 4.90 Å². The molecule has 0 unspecified atom stereocenters. The molecular formula is C14H19F3N2O. The van der Waals surface area contributed by atoms with Gasteiger partial charge in [0.05, 0.1) is 5.56 Å². The third-order valence-corrected chi connectivity index (χ3v) is 2.76. The topological polar surface area (TPSA) is 32.3 Å². The first-order valence-corrected chi connectivity index (χ1v) is 6.58. The van der Waals surface area contributed by atoms with Crippen molar-refractivity contribution in [3.05, 3.63) is 29.8 Å². The molecule has 0 spiro atoms. The summed E-state index contributed by atoms with van der Waals surface area (Å²) in [5.74, 6) is -0.607. The molecule has 0 saturated carbocycles. The minimum atomic E-state index is -4.39. The van der Waals surface area contributed by atoms with Crippen LogP contribution in [-0.4, -0.2) is 36.6 Å². The molecule has 1 amide bonds. The fraction of sp³-hybridized carbons (Fsp3) is 0.500. The summed E-state index contributed by atoms with van der Waals surface area (Å²) in [6, 6.07) is 6.63. The molecule has 0 fully saturated rings. The van der Waals surface area contributed by atoms with Gasteiger partial charge in [-0.3, -0.25) is 4.79 Å². The zero-order valence-electron chi connectivity index (χ0n) is 11.6. The number of carbonyl (C=O) groups excluding carboxylic acids is 1. The van der Waals surface area contributed by atoms with Crippen molar-refractivity contribution in [2.75, 3.05) is 25.0 Å². The van der Waals surface area contributed by atoms with Crippen LogP contribution in [0, 0.1) is 0 Å². The molecule has 0 atom stereocenters. The van der Waals surface area contributed by atoms with E-state index in [2.05, 4.69) is 5.32 Å². The van der Waals surface area contributed by atoms with Crippen LogP contribution >= 0.6 is 0 Å². The second kappa shape index (κ2) is 7.17. The number of amides is 1. The number of rotatable bonds is 6. The Bertz CT molecular complexity index is 446. The molecule has 1 N–H and O–H groups in total. The number of hydrogen-bond donors (Lipinski definition) is 1. The molecule has 0 heterocycles. The Balaban J connectivity index is 2.94. The highest BCUT2D eigenvalue weighted by Gasteiger charge is 2.33. The number of hydrogen-bond acceptors (Lipinski definition) is 2. The predicted molar refractivity (Wildman–Crippen MR) is 72.9 cm³/mol. The monoisotopic (exact) mass is 288 g/mol. The lowest BCUT2D eigenvalue weighted by molar-refractivity contribution is -0.140. The van der Waals surface area contributed by atoms with Crippen LogP contribution in [0.25, 0.3) is 0 Å². The fourth-order valence-corrected chi connectivity index (χ4v) is 1.80. The molecule has 0 bridgehead atoms. The summed E-state index contributed by atoms with van der Waals surface area (Å²) in [5.41, 5.74) is 0.840. The molecule has 1 rings (SSSR count). The first-order chi connectivity index (χ1) is 9.39. The summed E-state index contributed by atoms with van der Waals surface area (Å²) in [4.78, 5) is 13.0. The molecule has 112 valence electrons. The standard InChI is InChI=1S/C14H19F3N2O/c1-3-9-18-12-8-6-5-7-11(12)13(20)19(4-2)10-14(15,16)17/h5-8,18H,3-4,9-10H2,1-2H3. The van der Waals surface area contributed by atoms with Gasteiger partial charge in [0, 0.05) is 18.8 Å². The molecule has 1 aromatic carbocycles. The molecule has 0 radical (unpaired) electrons. The molecule has 1 aromatic rings. The van der Waals surface area contributed by atoms with Crippen molar-refractivity contribution in [3.63, 3.8) is 0 Å². The van der Waals surface area contributed by atoms with Crippen molar-refractivity contribution in [2.24, 2.45) is 0 Å². The van der Waals surface area contributed by atoms with E-state index in [1.807, 2.05) is 6.92 Å². The lowest BCUT2D eigenvalue weighted by Gasteiger charge is -2.23. The molecule has 0 saturated heterocycles. The van der Waals surface area contributed by atoms with Crippen LogP contribution < -0.4 is 5.32 Å². The highest BCUT2D eigenvalue weighted by atomic mass is 19.4. The zero-order chi connectivity index (χ0) is 15.2. The molecule has 6 heteroatoms. The Hall–Kier alpha value is -1.72. The van der Waals surface area contributed by atoms with Crippen LogP contribution in [0.15, 0.2) is 24.3 Å².